The molecule has 2 saturated heterocycles. The number of likely N-dealkylation sites (tertiary alicyclic amines) is 2. The van der Waals surface area contributed by atoms with E-state index in [0.717, 1.165) is 32.2 Å². The van der Waals surface area contributed by atoms with Crippen molar-refractivity contribution < 1.29 is 14.7 Å². The summed E-state index contributed by atoms with van der Waals surface area (Å²) in [7, 11) is 0. The molecule has 1 amide bonds. The minimum Gasteiger partial charge on any atom is -0.480 e. The van der Waals surface area contributed by atoms with E-state index in [4.69, 9.17) is 5.73 Å². The van der Waals surface area contributed by atoms with E-state index in [1.807, 2.05) is 11.8 Å². The Labute approximate surface area is 119 Å². The SMILES string of the molecule is CC[C@H](N)C(=O)N1CCC(N2CCCC2C(=O)O)CC1. The Morgan fingerprint density at radius 3 is 2.45 bits per heavy atom. The normalized spacial score (nSPS) is 26.7. The van der Waals surface area contributed by atoms with Gasteiger partial charge in [0, 0.05) is 19.1 Å². The third-order valence-electron chi connectivity index (χ3n) is 4.58. The summed E-state index contributed by atoms with van der Waals surface area (Å²) >= 11 is 0. The number of carboxylic acids is 1. The van der Waals surface area contributed by atoms with Crippen LogP contribution in [-0.4, -0.2) is 64.5 Å². The number of nitrogens with two attached hydrogens (primary N) is 1. The molecule has 3 N–H and O–H groups in total. The van der Waals surface area contributed by atoms with Gasteiger partial charge in [-0.3, -0.25) is 14.5 Å². The Morgan fingerprint density at radius 1 is 1.25 bits per heavy atom. The van der Waals surface area contributed by atoms with Crippen LogP contribution in [0.5, 0.6) is 0 Å². The molecule has 0 aromatic carbocycles. The standard InChI is InChI=1S/C14H25N3O3/c1-2-11(15)13(18)16-8-5-10(6-9-16)17-7-3-4-12(17)14(19)20/h10-12H,2-9,15H2,1H3,(H,19,20)/t11-,12?/m0/s1. The minimum absolute atomic E-state index is 0.0298. The van der Waals surface area contributed by atoms with Crippen molar-refractivity contribution in [1.82, 2.24) is 9.80 Å². The summed E-state index contributed by atoms with van der Waals surface area (Å²) in [6, 6.07) is -0.439. The Morgan fingerprint density at radius 2 is 1.90 bits per heavy atom. The Balaban J connectivity index is 1.88. The minimum atomic E-state index is -0.714. The molecule has 6 nitrogen and oxygen atoms in total. The van der Waals surface area contributed by atoms with Crippen LogP contribution in [0.2, 0.25) is 0 Å². The van der Waals surface area contributed by atoms with Crippen molar-refractivity contribution in [2.75, 3.05) is 19.6 Å². The molecule has 6 heteroatoms. The number of carbonyl (C=O) groups excluding carboxylic acids is 1. The van der Waals surface area contributed by atoms with Gasteiger partial charge < -0.3 is 15.7 Å². The van der Waals surface area contributed by atoms with E-state index >= 15 is 0 Å². The molecular formula is C14H25N3O3. The molecule has 0 aromatic heterocycles. The number of amides is 1. The number of hydrogen-bond donors (Lipinski definition) is 2. The van der Waals surface area contributed by atoms with Crippen molar-refractivity contribution in [3.05, 3.63) is 0 Å². The van der Waals surface area contributed by atoms with E-state index in [1.165, 1.54) is 0 Å². The lowest BCUT2D eigenvalue weighted by atomic mass is 10.0. The molecule has 0 aliphatic carbocycles. The van der Waals surface area contributed by atoms with Gasteiger partial charge in [0.25, 0.3) is 0 Å². The Kier molecular flexibility index (Phi) is 4.99. The van der Waals surface area contributed by atoms with Crippen LogP contribution >= 0.6 is 0 Å². The number of carboxylic acid groups (broad SMARTS) is 1. The highest BCUT2D eigenvalue weighted by molar-refractivity contribution is 5.81. The number of carbonyl (C=O) groups is 2. The maximum absolute atomic E-state index is 12.0. The van der Waals surface area contributed by atoms with Gasteiger partial charge in [-0.05, 0) is 38.6 Å². The van der Waals surface area contributed by atoms with Crippen LogP contribution < -0.4 is 5.73 Å². The Bertz CT molecular complexity index is 367. The van der Waals surface area contributed by atoms with E-state index in [1.54, 1.807) is 0 Å². The molecule has 2 aliphatic heterocycles. The second kappa shape index (κ2) is 6.54. The molecule has 0 spiro atoms. The summed E-state index contributed by atoms with van der Waals surface area (Å²) in [4.78, 5) is 27.2. The molecule has 1 unspecified atom stereocenters. The third kappa shape index (κ3) is 3.12. The lowest BCUT2D eigenvalue weighted by molar-refractivity contribution is -0.144. The first-order valence-corrected chi connectivity index (χ1v) is 7.57. The van der Waals surface area contributed by atoms with Crippen molar-refractivity contribution in [3.8, 4) is 0 Å². The highest BCUT2D eigenvalue weighted by atomic mass is 16.4. The first-order valence-electron chi connectivity index (χ1n) is 7.57. The lowest BCUT2D eigenvalue weighted by Gasteiger charge is -2.39. The van der Waals surface area contributed by atoms with Crippen LogP contribution in [0.15, 0.2) is 0 Å². The van der Waals surface area contributed by atoms with E-state index in [0.29, 0.717) is 25.6 Å². The smallest absolute Gasteiger partial charge is 0.320 e. The fourth-order valence-corrected chi connectivity index (χ4v) is 3.32. The van der Waals surface area contributed by atoms with Gasteiger partial charge in [0.05, 0.1) is 6.04 Å². The van der Waals surface area contributed by atoms with Crippen molar-refractivity contribution in [2.45, 2.75) is 57.2 Å². The first-order chi connectivity index (χ1) is 9.54. The fourth-order valence-electron chi connectivity index (χ4n) is 3.32. The quantitative estimate of drug-likeness (QED) is 0.773. The zero-order valence-corrected chi connectivity index (χ0v) is 12.1. The van der Waals surface area contributed by atoms with Gasteiger partial charge in [0.1, 0.15) is 6.04 Å². The average Bonchev–Trinajstić information content (AvgIpc) is 2.95. The van der Waals surface area contributed by atoms with Crippen LogP contribution in [-0.2, 0) is 9.59 Å². The predicted octanol–water partition coefficient (Wildman–Crippen LogP) is 0.264. The average molecular weight is 283 g/mol. The van der Waals surface area contributed by atoms with Crippen LogP contribution in [0.25, 0.3) is 0 Å². The van der Waals surface area contributed by atoms with Gasteiger partial charge in [-0.1, -0.05) is 6.92 Å². The molecule has 2 heterocycles. The Hall–Kier alpha value is -1.14. The lowest BCUT2D eigenvalue weighted by Crippen LogP contribution is -2.52. The molecule has 0 bridgehead atoms. The van der Waals surface area contributed by atoms with Crippen LogP contribution in [0.3, 0.4) is 0 Å². The van der Waals surface area contributed by atoms with Crippen molar-refractivity contribution >= 4 is 11.9 Å². The molecule has 2 rings (SSSR count). The first kappa shape index (κ1) is 15.3. The van der Waals surface area contributed by atoms with Crippen LogP contribution in [0.1, 0.15) is 39.0 Å². The number of piperidine rings is 1. The summed E-state index contributed by atoms with van der Waals surface area (Å²) < 4.78 is 0. The van der Waals surface area contributed by atoms with Crippen LogP contribution in [0, 0.1) is 0 Å². The van der Waals surface area contributed by atoms with Crippen molar-refractivity contribution in [3.63, 3.8) is 0 Å². The highest BCUT2D eigenvalue weighted by Crippen LogP contribution is 2.26. The van der Waals surface area contributed by atoms with Crippen LogP contribution in [0.4, 0.5) is 0 Å². The maximum atomic E-state index is 12.0. The molecule has 20 heavy (non-hydrogen) atoms. The van der Waals surface area contributed by atoms with Gasteiger partial charge in [0.2, 0.25) is 5.91 Å². The number of aliphatic carboxylic acids is 1. The van der Waals surface area contributed by atoms with E-state index < -0.39 is 12.0 Å². The molecular weight excluding hydrogens is 258 g/mol. The zero-order valence-electron chi connectivity index (χ0n) is 12.1. The third-order valence-corrected chi connectivity index (χ3v) is 4.58. The molecule has 2 fully saturated rings. The summed E-state index contributed by atoms with van der Waals surface area (Å²) in [5, 5.41) is 9.24. The van der Waals surface area contributed by atoms with E-state index in [2.05, 4.69) is 4.90 Å². The monoisotopic (exact) mass is 283 g/mol. The topological polar surface area (TPSA) is 86.9 Å². The van der Waals surface area contributed by atoms with E-state index in [-0.39, 0.29) is 11.9 Å². The number of hydrogen-bond acceptors (Lipinski definition) is 4. The van der Waals surface area contributed by atoms with Gasteiger partial charge >= 0.3 is 5.97 Å². The van der Waals surface area contributed by atoms with Gasteiger partial charge in [-0.25, -0.2) is 0 Å². The number of nitrogens with zero attached hydrogens (tertiary/aromatic N) is 2. The fraction of sp³-hybridized carbons (Fsp3) is 0.857. The summed E-state index contributed by atoms with van der Waals surface area (Å²) in [6.07, 6.45) is 4.07. The predicted molar refractivity (Wildman–Crippen MR) is 75.2 cm³/mol. The van der Waals surface area contributed by atoms with E-state index in [9.17, 15) is 14.7 Å². The van der Waals surface area contributed by atoms with Crippen molar-refractivity contribution in [2.24, 2.45) is 5.73 Å². The zero-order chi connectivity index (χ0) is 14.7. The van der Waals surface area contributed by atoms with Gasteiger partial charge in [-0.2, -0.15) is 0 Å². The molecule has 0 aromatic rings. The number of rotatable bonds is 4. The molecule has 0 saturated carbocycles. The second-order valence-electron chi connectivity index (χ2n) is 5.81. The summed E-state index contributed by atoms with van der Waals surface area (Å²) in [5.74, 6) is -0.684. The molecule has 2 aliphatic rings. The summed E-state index contributed by atoms with van der Waals surface area (Å²) in [6.45, 7) is 4.17. The molecule has 114 valence electrons. The maximum Gasteiger partial charge on any atom is 0.320 e. The summed E-state index contributed by atoms with van der Waals surface area (Å²) in [5.41, 5.74) is 5.79. The second-order valence-corrected chi connectivity index (χ2v) is 5.81. The molecule has 0 radical (unpaired) electrons. The van der Waals surface area contributed by atoms with Crippen molar-refractivity contribution in [1.29, 1.82) is 0 Å². The highest BCUT2D eigenvalue weighted by Gasteiger charge is 2.37. The largest absolute Gasteiger partial charge is 0.480 e. The van der Waals surface area contributed by atoms with Gasteiger partial charge in [-0.15, -0.1) is 0 Å². The van der Waals surface area contributed by atoms with Gasteiger partial charge in [0.15, 0.2) is 0 Å². The molecule has 2 atom stereocenters.